The van der Waals surface area contributed by atoms with E-state index in [4.69, 9.17) is 9.15 Å². The van der Waals surface area contributed by atoms with Crippen LogP contribution in [0.2, 0.25) is 0 Å². The molecule has 1 aromatic heterocycles. The van der Waals surface area contributed by atoms with Gasteiger partial charge in [0.2, 0.25) is 5.91 Å². The summed E-state index contributed by atoms with van der Waals surface area (Å²) in [4.78, 5) is 31.1. The molecular weight excluding hydrogens is 442 g/mol. The molecule has 7 nitrogen and oxygen atoms in total. The van der Waals surface area contributed by atoms with Crippen LogP contribution in [0.15, 0.2) is 71.3 Å². The van der Waals surface area contributed by atoms with Crippen molar-refractivity contribution in [3.63, 3.8) is 0 Å². The number of amides is 2. The van der Waals surface area contributed by atoms with Gasteiger partial charge in [-0.05, 0) is 73.9 Å². The van der Waals surface area contributed by atoms with Gasteiger partial charge in [0.15, 0.2) is 5.76 Å². The zero-order valence-electron chi connectivity index (χ0n) is 20.6. The van der Waals surface area contributed by atoms with E-state index in [9.17, 15) is 9.59 Å². The summed E-state index contributed by atoms with van der Waals surface area (Å²) in [5, 5.41) is 3.20. The van der Waals surface area contributed by atoms with Gasteiger partial charge in [0, 0.05) is 31.5 Å². The van der Waals surface area contributed by atoms with E-state index < -0.39 is 6.04 Å². The molecule has 1 atom stereocenters. The van der Waals surface area contributed by atoms with Gasteiger partial charge in [-0.15, -0.1) is 0 Å². The molecule has 1 saturated carbocycles. The number of nitrogens with zero attached hydrogens (tertiary/aromatic N) is 2. The van der Waals surface area contributed by atoms with Crippen LogP contribution < -0.4 is 19.9 Å². The lowest BCUT2D eigenvalue weighted by atomic mass is 10.0. The second-order valence-electron chi connectivity index (χ2n) is 8.96. The van der Waals surface area contributed by atoms with Gasteiger partial charge in [-0.25, -0.2) is 0 Å². The number of hydrogen-bond acceptors (Lipinski definition) is 5. The van der Waals surface area contributed by atoms with Crippen molar-refractivity contribution in [2.24, 2.45) is 0 Å². The molecule has 1 aliphatic rings. The molecule has 0 radical (unpaired) electrons. The smallest absolute Gasteiger partial charge is 0.294 e. The first-order valence-corrected chi connectivity index (χ1v) is 12.2. The van der Waals surface area contributed by atoms with Crippen LogP contribution in [-0.2, 0) is 4.79 Å². The third-order valence-electron chi connectivity index (χ3n) is 6.31. The summed E-state index contributed by atoms with van der Waals surface area (Å²) in [5.74, 6) is 0.275. The van der Waals surface area contributed by atoms with E-state index in [0.29, 0.717) is 18.0 Å². The first kappa shape index (κ1) is 24.4. The summed E-state index contributed by atoms with van der Waals surface area (Å²) in [6, 6.07) is 17.5. The van der Waals surface area contributed by atoms with Gasteiger partial charge in [-0.1, -0.05) is 25.0 Å². The van der Waals surface area contributed by atoms with E-state index in [1.807, 2.05) is 62.3 Å². The summed E-state index contributed by atoms with van der Waals surface area (Å²) in [6.07, 6.45) is 5.56. The number of carbonyl (C=O) groups excluding carboxylic acids is 2. The number of anilines is 2. The quantitative estimate of drug-likeness (QED) is 0.461. The normalized spacial score (nSPS) is 14.4. The number of hydrogen-bond donors (Lipinski definition) is 1. The van der Waals surface area contributed by atoms with Crippen LogP contribution in [0, 0.1) is 0 Å². The highest BCUT2D eigenvalue weighted by Gasteiger charge is 2.35. The number of furan rings is 1. The molecule has 2 aromatic carbocycles. The van der Waals surface area contributed by atoms with Crippen LogP contribution in [0.4, 0.5) is 11.4 Å². The molecule has 1 N–H and O–H groups in total. The van der Waals surface area contributed by atoms with E-state index in [2.05, 4.69) is 5.32 Å². The van der Waals surface area contributed by atoms with Crippen molar-refractivity contribution in [3.8, 4) is 5.75 Å². The summed E-state index contributed by atoms with van der Waals surface area (Å²) in [5.41, 5.74) is 2.31. The van der Waals surface area contributed by atoms with Crippen LogP contribution in [-0.4, -0.2) is 38.6 Å². The van der Waals surface area contributed by atoms with Crippen LogP contribution >= 0.6 is 0 Å². The zero-order valence-corrected chi connectivity index (χ0v) is 20.6. The topological polar surface area (TPSA) is 75.0 Å². The standard InChI is InChI=1S/C28H33N3O4/c1-4-34-24-17-15-23(16-18-24)31(28(33)25-10-7-19-35-25)26(27(32)29-21-8-5-6-9-21)20-11-13-22(14-12-20)30(2)3/h7,10-19,21,26H,4-6,8-9H2,1-3H3,(H,29,32)/t26-/m0/s1. The lowest BCUT2D eigenvalue weighted by Crippen LogP contribution is -2.46. The number of benzene rings is 2. The molecule has 1 heterocycles. The van der Waals surface area contributed by atoms with E-state index in [0.717, 1.165) is 36.9 Å². The number of ether oxygens (including phenoxy) is 1. The summed E-state index contributed by atoms with van der Waals surface area (Å²) >= 11 is 0. The van der Waals surface area contributed by atoms with E-state index in [1.165, 1.54) is 11.2 Å². The lowest BCUT2D eigenvalue weighted by molar-refractivity contribution is -0.123. The molecule has 1 aliphatic carbocycles. The number of nitrogens with one attached hydrogen (secondary N) is 1. The molecule has 3 aromatic rings. The zero-order chi connectivity index (χ0) is 24.8. The predicted octanol–water partition coefficient (Wildman–Crippen LogP) is 5.19. The Balaban J connectivity index is 1.78. The molecule has 0 aliphatic heterocycles. The SMILES string of the molecule is CCOc1ccc(N(C(=O)c2ccco2)[C@H](C(=O)NC2CCCC2)c2ccc(N(C)C)cc2)cc1. The van der Waals surface area contributed by atoms with Gasteiger partial charge < -0.3 is 19.4 Å². The first-order chi connectivity index (χ1) is 17.0. The monoisotopic (exact) mass is 475 g/mol. The fraction of sp³-hybridized carbons (Fsp3) is 0.357. The van der Waals surface area contributed by atoms with Crippen molar-refractivity contribution in [1.82, 2.24) is 5.32 Å². The maximum atomic E-state index is 13.8. The summed E-state index contributed by atoms with van der Waals surface area (Å²) in [6.45, 7) is 2.46. The molecule has 0 saturated heterocycles. The van der Waals surface area contributed by atoms with Crippen molar-refractivity contribution in [1.29, 1.82) is 0 Å². The van der Waals surface area contributed by atoms with Crippen LogP contribution in [0.5, 0.6) is 5.75 Å². The van der Waals surface area contributed by atoms with Crippen molar-refractivity contribution in [2.75, 3.05) is 30.5 Å². The van der Waals surface area contributed by atoms with E-state index in [-0.39, 0.29) is 23.6 Å². The van der Waals surface area contributed by atoms with Crippen LogP contribution in [0.1, 0.15) is 54.8 Å². The second-order valence-corrected chi connectivity index (χ2v) is 8.96. The molecule has 0 spiro atoms. The molecular formula is C28H33N3O4. The van der Waals surface area contributed by atoms with Crippen molar-refractivity contribution < 1.29 is 18.7 Å². The van der Waals surface area contributed by atoms with Gasteiger partial charge in [0.05, 0.1) is 12.9 Å². The molecule has 2 amide bonds. The van der Waals surface area contributed by atoms with Crippen LogP contribution in [0.25, 0.3) is 0 Å². The Morgan fingerprint density at radius 3 is 2.23 bits per heavy atom. The molecule has 0 unspecified atom stereocenters. The van der Waals surface area contributed by atoms with Crippen molar-refractivity contribution >= 4 is 23.2 Å². The van der Waals surface area contributed by atoms with E-state index in [1.54, 1.807) is 24.3 Å². The Labute approximate surface area is 206 Å². The molecule has 4 rings (SSSR count). The summed E-state index contributed by atoms with van der Waals surface area (Å²) in [7, 11) is 3.93. The Hall–Kier alpha value is -3.74. The second kappa shape index (κ2) is 11.1. The molecule has 184 valence electrons. The van der Waals surface area contributed by atoms with Gasteiger partial charge in [0.1, 0.15) is 11.8 Å². The minimum atomic E-state index is -0.873. The third-order valence-corrected chi connectivity index (χ3v) is 6.31. The van der Waals surface area contributed by atoms with Gasteiger partial charge in [-0.3, -0.25) is 14.5 Å². The fourth-order valence-corrected chi connectivity index (χ4v) is 4.49. The molecule has 35 heavy (non-hydrogen) atoms. The Kier molecular flexibility index (Phi) is 7.75. The van der Waals surface area contributed by atoms with Crippen LogP contribution in [0.3, 0.4) is 0 Å². The number of rotatable bonds is 9. The average Bonchev–Trinajstić information content (AvgIpc) is 3.58. The highest BCUT2D eigenvalue weighted by atomic mass is 16.5. The Morgan fingerprint density at radius 1 is 1.00 bits per heavy atom. The van der Waals surface area contributed by atoms with Gasteiger partial charge >= 0.3 is 0 Å². The third kappa shape index (κ3) is 5.67. The Bertz CT molecular complexity index is 1100. The minimum absolute atomic E-state index is 0.118. The lowest BCUT2D eigenvalue weighted by Gasteiger charge is -2.32. The van der Waals surface area contributed by atoms with Gasteiger partial charge in [-0.2, -0.15) is 0 Å². The maximum Gasteiger partial charge on any atom is 0.294 e. The minimum Gasteiger partial charge on any atom is -0.494 e. The van der Waals surface area contributed by atoms with Crippen molar-refractivity contribution in [3.05, 3.63) is 78.3 Å². The average molecular weight is 476 g/mol. The predicted molar refractivity (Wildman–Crippen MR) is 137 cm³/mol. The van der Waals surface area contributed by atoms with Gasteiger partial charge in [0.25, 0.3) is 5.91 Å². The Morgan fingerprint density at radius 2 is 1.66 bits per heavy atom. The van der Waals surface area contributed by atoms with E-state index >= 15 is 0 Å². The molecule has 1 fully saturated rings. The largest absolute Gasteiger partial charge is 0.494 e. The number of carbonyl (C=O) groups is 2. The highest BCUT2D eigenvalue weighted by molar-refractivity contribution is 6.08. The fourth-order valence-electron chi connectivity index (χ4n) is 4.49. The summed E-state index contributed by atoms with van der Waals surface area (Å²) < 4.78 is 11.0. The molecule has 7 heteroatoms. The maximum absolute atomic E-state index is 13.8. The highest BCUT2D eigenvalue weighted by Crippen LogP contribution is 2.33. The molecule has 0 bridgehead atoms. The first-order valence-electron chi connectivity index (χ1n) is 12.2. The van der Waals surface area contributed by atoms with Crippen molar-refractivity contribution in [2.45, 2.75) is 44.7 Å².